The van der Waals surface area contributed by atoms with Crippen LogP contribution in [0.1, 0.15) is 16.1 Å². The van der Waals surface area contributed by atoms with Crippen molar-refractivity contribution in [3.8, 4) is 0 Å². The predicted octanol–water partition coefficient (Wildman–Crippen LogP) is 3.59. The van der Waals surface area contributed by atoms with Crippen LogP contribution in [0.15, 0.2) is 67.8 Å². The summed E-state index contributed by atoms with van der Waals surface area (Å²) < 4.78 is 0. The molecule has 0 unspecified atom stereocenters. The highest BCUT2D eigenvalue weighted by atomic mass is 16.2. The fourth-order valence-electron chi connectivity index (χ4n) is 2.98. The molecule has 24 heavy (non-hydrogen) atoms. The van der Waals surface area contributed by atoms with Crippen LogP contribution < -0.4 is 4.90 Å². The highest BCUT2D eigenvalue weighted by molar-refractivity contribution is 5.93. The Labute approximate surface area is 142 Å². The van der Waals surface area contributed by atoms with E-state index in [2.05, 4.69) is 41.2 Å². The highest BCUT2D eigenvalue weighted by Gasteiger charge is 2.22. The molecule has 122 valence electrons. The fraction of sp³-hybridized carbons (Fsp3) is 0.200. The lowest BCUT2D eigenvalue weighted by molar-refractivity contribution is 0.0785. The lowest BCUT2D eigenvalue weighted by Crippen LogP contribution is -2.32. The SMILES string of the molecule is C=CCN(CC=C)C(=O)c1cccc(N2CCc3ccccc32)n1. The number of carbonyl (C=O) groups excluding carboxylic acids is 1. The number of rotatable bonds is 6. The summed E-state index contributed by atoms with van der Waals surface area (Å²) >= 11 is 0. The first kappa shape index (κ1) is 16.0. The van der Waals surface area contributed by atoms with Crippen molar-refractivity contribution in [2.24, 2.45) is 0 Å². The van der Waals surface area contributed by atoms with Crippen molar-refractivity contribution in [3.63, 3.8) is 0 Å². The molecule has 1 aromatic carbocycles. The number of hydrogen-bond acceptors (Lipinski definition) is 3. The van der Waals surface area contributed by atoms with Gasteiger partial charge >= 0.3 is 0 Å². The summed E-state index contributed by atoms with van der Waals surface area (Å²) in [5.41, 5.74) is 2.93. The van der Waals surface area contributed by atoms with Gasteiger partial charge in [-0.2, -0.15) is 0 Å². The van der Waals surface area contributed by atoms with Gasteiger partial charge in [-0.3, -0.25) is 4.79 Å². The van der Waals surface area contributed by atoms with Crippen LogP contribution in [0.5, 0.6) is 0 Å². The summed E-state index contributed by atoms with van der Waals surface area (Å²) in [5.74, 6) is 0.701. The van der Waals surface area contributed by atoms with Crippen molar-refractivity contribution in [3.05, 3.63) is 79.0 Å². The Hall–Kier alpha value is -2.88. The molecule has 2 heterocycles. The van der Waals surface area contributed by atoms with Crippen LogP contribution in [-0.2, 0) is 6.42 Å². The van der Waals surface area contributed by atoms with Gasteiger partial charge in [-0.25, -0.2) is 4.98 Å². The molecule has 1 amide bonds. The third kappa shape index (κ3) is 3.08. The molecular formula is C20H21N3O. The summed E-state index contributed by atoms with van der Waals surface area (Å²) in [6.45, 7) is 9.25. The molecule has 0 aliphatic carbocycles. The quantitative estimate of drug-likeness (QED) is 0.764. The van der Waals surface area contributed by atoms with E-state index in [-0.39, 0.29) is 5.91 Å². The van der Waals surface area contributed by atoms with Gasteiger partial charge in [0.2, 0.25) is 0 Å². The lowest BCUT2D eigenvalue weighted by Gasteiger charge is -2.21. The number of pyridine rings is 1. The van der Waals surface area contributed by atoms with Crippen LogP contribution in [0.2, 0.25) is 0 Å². The van der Waals surface area contributed by atoms with Gasteiger partial charge in [0.15, 0.2) is 0 Å². The zero-order valence-corrected chi connectivity index (χ0v) is 13.7. The number of aromatic nitrogens is 1. The molecule has 0 atom stereocenters. The molecule has 0 fully saturated rings. The van der Waals surface area contributed by atoms with Gasteiger partial charge in [0.05, 0.1) is 0 Å². The van der Waals surface area contributed by atoms with Crippen LogP contribution >= 0.6 is 0 Å². The average molecular weight is 319 g/mol. The van der Waals surface area contributed by atoms with E-state index in [1.54, 1.807) is 23.1 Å². The number of fused-ring (bicyclic) bond motifs is 1. The molecule has 0 bridgehead atoms. The minimum absolute atomic E-state index is 0.107. The maximum Gasteiger partial charge on any atom is 0.273 e. The van der Waals surface area contributed by atoms with Crippen LogP contribution in [0.25, 0.3) is 0 Å². The molecular weight excluding hydrogens is 298 g/mol. The Balaban J connectivity index is 1.88. The number of anilines is 2. The normalized spacial score (nSPS) is 12.6. The molecule has 1 aromatic heterocycles. The standard InChI is InChI=1S/C20H21N3O/c1-3-13-22(14-4-2)20(24)17-9-7-11-19(21-17)23-15-12-16-8-5-6-10-18(16)23/h3-11H,1-2,12-15H2. The van der Waals surface area contributed by atoms with Crippen LogP contribution in [-0.4, -0.2) is 35.4 Å². The third-order valence-electron chi connectivity index (χ3n) is 4.10. The number of benzene rings is 1. The molecule has 1 aliphatic rings. The van der Waals surface area contributed by atoms with Crippen LogP contribution in [0.4, 0.5) is 11.5 Å². The molecule has 0 saturated carbocycles. The van der Waals surface area contributed by atoms with E-state index in [0.29, 0.717) is 18.8 Å². The summed E-state index contributed by atoms with van der Waals surface area (Å²) in [5, 5.41) is 0. The second-order valence-corrected chi connectivity index (χ2v) is 5.70. The molecule has 2 aromatic rings. The topological polar surface area (TPSA) is 36.4 Å². The number of amides is 1. The predicted molar refractivity (Wildman–Crippen MR) is 97.7 cm³/mol. The summed E-state index contributed by atoms with van der Waals surface area (Å²) in [6.07, 6.45) is 4.42. The number of nitrogens with zero attached hydrogens (tertiary/aromatic N) is 3. The maximum absolute atomic E-state index is 12.7. The van der Waals surface area contributed by atoms with E-state index < -0.39 is 0 Å². The lowest BCUT2D eigenvalue weighted by atomic mass is 10.2. The number of para-hydroxylation sites is 1. The van der Waals surface area contributed by atoms with E-state index >= 15 is 0 Å². The van der Waals surface area contributed by atoms with Gasteiger partial charge in [0.25, 0.3) is 5.91 Å². The maximum atomic E-state index is 12.7. The van der Waals surface area contributed by atoms with E-state index in [1.165, 1.54) is 11.3 Å². The Morgan fingerprint density at radius 1 is 1.12 bits per heavy atom. The fourth-order valence-corrected chi connectivity index (χ4v) is 2.98. The zero-order chi connectivity index (χ0) is 16.9. The van der Waals surface area contributed by atoms with Gasteiger partial charge in [0, 0.05) is 25.3 Å². The van der Waals surface area contributed by atoms with E-state index in [4.69, 9.17) is 0 Å². The summed E-state index contributed by atoms with van der Waals surface area (Å²) in [7, 11) is 0. The Morgan fingerprint density at radius 3 is 2.62 bits per heavy atom. The monoisotopic (exact) mass is 319 g/mol. The molecule has 0 saturated heterocycles. The average Bonchev–Trinajstić information content (AvgIpc) is 3.05. The first-order chi connectivity index (χ1) is 11.7. The van der Waals surface area contributed by atoms with Crippen molar-refractivity contribution >= 4 is 17.4 Å². The molecule has 1 aliphatic heterocycles. The van der Waals surface area contributed by atoms with Crippen molar-refractivity contribution in [1.82, 2.24) is 9.88 Å². The zero-order valence-electron chi connectivity index (χ0n) is 13.7. The number of carbonyl (C=O) groups is 1. The van der Waals surface area contributed by atoms with Gasteiger partial charge in [0.1, 0.15) is 11.5 Å². The molecule has 0 radical (unpaired) electrons. The second-order valence-electron chi connectivity index (χ2n) is 5.70. The smallest absolute Gasteiger partial charge is 0.273 e. The Morgan fingerprint density at radius 2 is 1.88 bits per heavy atom. The second kappa shape index (κ2) is 7.13. The van der Waals surface area contributed by atoms with Gasteiger partial charge in [-0.05, 0) is 30.2 Å². The minimum atomic E-state index is -0.107. The van der Waals surface area contributed by atoms with E-state index in [1.807, 2.05) is 18.2 Å². The highest BCUT2D eigenvalue weighted by Crippen LogP contribution is 2.33. The summed E-state index contributed by atoms with van der Waals surface area (Å²) in [4.78, 5) is 21.1. The molecule has 0 N–H and O–H groups in total. The first-order valence-corrected chi connectivity index (χ1v) is 8.08. The van der Waals surface area contributed by atoms with Crippen molar-refractivity contribution in [2.75, 3.05) is 24.5 Å². The van der Waals surface area contributed by atoms with Gasteiger partial charge < -0.3 is 9.80 Å². The van der Waals surface area contributed by atoms with Gasteiger partial charge in [-0.15, -0.1) is 13.2 Å². The third-order valence-corrected chi connectivity index (χ3v) is 4.10. The van der Waals surface area contributed by atoms with Crippen LogP contribution in [0.3, 0.4) is 0 Å². The van der Waals surface area contributed by atoms with Crippen LogP contribution in [0, 0.1) is 0 Å². The molecule has 3 rings (SSSR count). The van der Waals surface area contributed by atoms with Crippen molar-refractivity contribution in [2.45, 2.75) is 6.42 Å². The Bertz CT molecular complexity index is 759. The van der Waals surface area contributed by atoms with Crippen molar-refractivity contribution < 1.29 is 4.79 Å². The van der Waals surface area contributed by atoms with Gasteiger partial charge in [-0.1, -0.05) is 36.4 Å². The largest absolute Gasteiger partial charge is 0.330 e. The number of hydrogen-bond donors (Lipinski definition) is 0. The molecule has 4 heteroatoms. The molecule has 4 nitrogen and oxygen atoms in total. The first-order valence-electron chi connectivity index (χ1n) is 8.08. The van der Waals surface area contributed by atoms with E-state index in [9.17, 15) is 4.79 Å². The van der Waals surface area contributed by atoms with E-state index in [0.717, 1.165) is 18.8 Å². The summed E-state index contributed by atoms with van der Waals surface area (Å²) in [6, 6.07) is 13.9. The Kier molecular flexibility index (Phi) is 4.75. The molecule has 0 spiro atoms. The minimum Gasteiger partial charge on any atom is -0.330 e. The van der Waals surface area contributed by atoms with Crippen molar-refractivity contribution in [1.29, 1.82) is 0 Å².